The minimum absolute atomic E-state index is 0.0636. The second-order valence-corrected chi connectivity index (χ2v) is 8.29. The van der Waals surface area contributed by atoms with E-state index in [9.17, 15) is 14.4 Å². The summed E-state index contributed by atoms with van der Waals surface area (Å²) in [5, 5.41) is 2.34. The molecule has 29 heavy (non-hydrogen) atoms. The summed E-state index contributed by atoms with van der Waals surface area (Å²) in [6, 6.07) is 5.30. The molecular weight excluding hydrogens is 372 g/mol. The molecule has 156 valence electrons. The Labute approximate surface area is 170 Å². The maximum atomic E-state index is 12.8. The Morgan fingerprint density at radius 2 is 2.03 bits per heavy atom. The van der Waals surface area contributed by atoms with Crippen molar-refractivity contribution in [2.75, 3.05) is 26.8 Å². The minimum atomic E-state index is -0.582. The van der Waals surface area contributed by atoms with Crippen LogP contribution < -0.4 is 11.1 Å². The molecule has 2 fully saturated rings. The molecule has 0 saturated carbocycles. The lowest BCUT2D eigenvalue weighted by Gasteiger charge is -2.44. The summed E-state index contributed by atoms with van der Waals surface area (Å²) in [5.74, 6) is -0.799. The van der Waals surface area contributed by atoms with Crippen LogP contribution in [0.4, 0.5) is 0 Å². The SMILES string of the molecule is CN(Cc1ccc2c(c1)CN(C1CCC(=O)NC1=O)C2=O)C1(CN)CCOCC1. The molecule has 1 atom stereocenters. The normalized spacial score (nSPS) is 24.0. The minimum Gasteiger partial charge on any atom is -0.381 e. The van der Waals surface area contributed by atoms with Gasteiger partial charge in [-0.25, -0.2) is 0 Å². The molecule has 8 nitrogen and oxygen atoms in total. The van der Waals surface area contributed by atoms with Gasteiger partial charge in [0.1, 0.15) is 6.04 Å². The lowest BCUT2D eigenvalue weighted by Crippen LogP contribution is -2.54. The van der Waals surface area contributed by atoms with Crippen molar-refractivity contribution in [1.29, 1.82) is 0 Å². The number of hydrogen-bond donors (Lipinski definition) is 2. The van der Waals surface area contributed by atoms with Crippen LogP contribution >= 0.6 is 0 Å². The highest BCUT2D eigenvalue weighted by molar-refractivity contribution is 6.05. The fraction of sp³-hybridized carbons (Fsp3) is 0.571. The quantitative estimate of drug-likeness (QED) is 0.693. The number of nitrogens with one attached hydrogen (secondary N) is 1. The van der Waals surface area contributed by atoms with Crippen molar-refractivity contribution < 1.29 is 19.1 Å². The summed E-state index contributed by atoms with van der Waals surface area (Å²) in [4.78, 5) is 40.3. The topological polar surface area (TPSA) is 105 Å². The molecule has 0 spiro atoms. The fourth-order valence-electron chi connectivity index (χ4n) is 4.66. The largest absolute Gasteiger partial charge is 0.381 e. The number of benzene rings is 1. The van der Waals surface area contributed by atoms with E-state index in [1.165, 1.54) is 0 Å². The average molecular weight is 400 g/mol. The molecule has 8 heteroatoms. The number of carbonyl (C=O) groups is 3. The van der Waals surface area contributed by atoms with Crippen LogP contribution in [0, 0.1) is 0 Å². The monoisotopic (exact) mass is 400 g/mol. The van der Waals surface area contributed by atoms with Crippen molar-refractivity contribution in [3.8, 4) is 0 Å². The number of piperidine rings is 1. The highest BCUT2D eigenvalue weighted by Gasteiger charge is 2.39. The molecule has 3 N–H and O–H groups in total. The Morgan fingerprint density at radius 1 is 1.28 bits per heavy atom. The van der Waals surface area contributed by atoms with Crippen LogP contribution in [0.5, 0.6) is 0 Å². The zero-order chi connectivity index (χ0) is 20.6. The molecule has 3 aliphatic heterocycles. The van der Waals surface area contributed by atoms with Crippen LogP contribution in [0.3, 0.4) is 0 Å². The number of rotatable bonds is 5. The summed E-state index contributed by atoms with van der Waals surface area (Å²) in [5.41, 5.74) is 8.73. The number of imide groups is 1. The van der Waals surface area contributed by atoms with Crippen molar-refractivity contribution in [2.24, 2.45) is 5.73 Å². The van der Waals surface area contributed by atoms with Crippen molar-refractivity contribution in [3.63, 3.8) is 0 Å². The molecule has 1 unspecified atom stereocenters. The van der Waals surface area contributed by atoms with Gasteiger partial charge in [0, 0.05) is 50.4 Å². The smallest absolute Gasteiger partial charge is 0.255 e. The van der Waals surface area contributed by atoms with Crippen LogP contribution in [0.25, 0.3) is 0 Å². The zero-order valence-electron chi connectivity index (χ0n) is 16.8. The Kier molecular flexibility index (Phi) is 5.42. The lowest BCUT2D eigenvalue weighted by atomic mass is 9.88. The molecule has 3 aliphatic rings. The summed E-state index contributed by atoms with van der Waals surface area (Å²) in [6.45, 7) is 3.16. The van der Waals surface area contributed by atoms with Gasteiger partial charge in [0.15, 0.2) is 0 Å². The van der Waals surface area contributed by atoms with Gasteiger partial charge < -0.3 is 15.4 Å². The molecule has 3 amide bonds. The standard InChI is InChI=1S/C21H28N4O4/c1-24(21(13-22)6-8-29-9-7-21)11-14-2-3-16-15(10-14)12-25(20(16)28)17-4-5-18(26)23-19(17)27/h2-3,10,17H,4-9,11-13,22H2,1H3,(H,23,26,27). The van der Waals surface area contributed by atoms with E-state index in [0.29, 0.717) is 25.1 Å². The molecule has 1 aromatic rings. The van der Waals surface area contributed by atoms with Crippen LogP contribution in [0.1, 0.15) is 47.2 Å². The van der Waals surface area contributed by atoms with Gasteiger partial charge in [0.25, 0.3) is 5.91 Å². The average Bonchev–Trinajstić information content (AvgIpc) is 3.04. The van der Waals surface area contributed by atoms with Gasteiger partial charge >= 0.3 is 0 Å². The van der Waals surface area contributed by atoms with E-state index in [2.05, 4.69) is 23.3 Å². The lowest BCUT2D eigenvalue weighted by molar-refractivity contribution is -0.136. The van der Waals surface area contributed by atoms with E-state index in [1.807, 2.05) is 12.1 Å². The number of likely N-dealkylation sites (N-methyl/N-ethyl adjacent to an activating group) is 1. The highest BCUT2D eigenvalue weighted by atomic mass is 16.5. The summed E-state index contributed by atoms with van der Waals surface area (Å²) >= 11 is 0. The van der Waals surface area contributed by atoms with E-state index in [4.69, 9.17) is 10.5 Å². The van der Waals surface area contributed by atoms with Gasteiger partial charge in [-0.1, -0.05) is 12.1 Å². The number of fused-ring (bicyclic) bond motifs is 1. The first-order valence-electron chi connectivity index (χ1n) is 10.2. The second-order valence-electron chi connectivity index (χ2n) is 8.29. The third-order valence-corrected chi connectivity index (χ3v) is 6.62. The van der Waals surface area contributed by atoms with Gasteiger partial charge in [-0.2, -0.15) is 0 Å². The number of ether oxygens (including phenoxy) is 1. The van der Waals surface area contributed by atoms with Crippen LogP contribution in [-0.4, -0.2) is 65.9 Å². The van der Waals surface area contributed by atoms with E-state index in [-0.39, 0.29) is 29.7 Å². The summed E-state index contributed by atoms with van der Waals surface area (Å²) in [6.07, 6.45) is 2.46. The number of nitrogens with zero attached hydrogens (tertiary/aromatic N) is 2. The van der Waals surface area contributed by atoms with Crippen molar-refractivity contribution >= 4 is 17.7 Å². The van der Waals surface area contributed by atoms with Gasteiger partial charge in [0.05, 0.1) is 0 Å². The fourth-order valence-corrected chi connectivity index (χ4v) is 4.66. The van der Waals surface area contributed by atoms with Crippen LogP contribution in [0.2, 0.25) is 0 Å². The van der Waals surface area contributed by atoms with E-state index in [1.54, 1.807) is 4.90 Å². The Hall–Kier alpha value is -2.29. The molecule has 3 heterocycles. The van der Waals surface area contributed by atoms with Gasteiger partial charge in [-0.05, 0) is 43.5 Å². The Balaban J connectivity index is 1.49. The molecule has 0 bridgehead atoms. The summed E-state index contributed by atoms with van der Waals surface area (Å²) < 4.78 is 5.51. The van der Waals surface area contributed by atoms with E-state index < -0.39 is 6.04 Å². The number of nitrogens with two attached hydrogens (primary N) is 1. The molecular formula is C21H28N4O4. The first kappa shape index (κ1) is 20.0. The maximum absolute atomic E-state index is 12.8. The zero-order valence-corrected chi connectivity index (χ0v) is 16.8. The molecule has 0 radical (unpaired) electrons. The first-order valence-corrected chi connectivity index (χ1v) is 10.2. The number of amides is 3. The maximum Gasteiger partial charge on any atom is 0.255 e. The molecule has 0 aromatic heterocycles. The number of carbonyl (C=O) groups excluding carboxylic acids is 3. The van der Waals surface area contributed by atoms with Crippen molar-refractivity contribution in [3.05, 3.63) is 34.9 Å². The third kappa shape index (κ3) is 3.68. The summed E-state index contributed by atoms with van der Waals surface area (Å²) in [7, 11) is 2.09. The second kappa shape index (κ2) is 7.85. The Morgan fingerprint density at radius 3 is 2.72 bits per heavy atom. The molecule has 0 aliphatic carbocycles. The van der Waals surface area contributed by atoms with Gasteiger partial charge in [-0.3, -0.25) is 24.6 Å². The first-order chi connectivity index (χ1) is 13.9. The molecule has 4 rings (SSSR count). The van der Waals surface area contributed by atoms with Crippen LogP contribution in [0.15, 0.2) is 18.2 Å². The number of hydrogen-bond acceptors (Lipinski definition) is 6. The van der Waals surface area contributed by atoms with Crippen molar-refractivity contribution in [2.45, 2.75) is 50.4 Å². The van der Waals surface area contributed by atoms with Crippen LogP contribution in [-0.2, 0) is 27.4 Å². The molecule has 1 aromatic carbocycles. The van der Waals surface area contributed by atoms with Crippen molar-refractivity contribution in [1.82, 2.24) is 15.1 Å². The highest BCUT2D eigenvalue weighted by Crippen LogP contribution is 2.31. The van der Waals surface area contributed by atoms with E-state index >= 15 is 0 Å². The van der Waals surface area contributed by atoms with Gasteiger partial charge in [0.2, 0.25) is 11.8 Å². The molecule has 2 saturated heterocycles. The predicted molar refractivity (Wildman–Crippen MR) is 106 cm³/mol. The Bertz CT molecular complexity index is 834. The van der Waals surface area contributed by atoms with Gasteiger partial charge in [-0.15, -0.1) is 0 Å². The third-order valence-electron chi connectivity index (χ3n) is 6.62. The van der Waals surface area contributed by atoms with E-state index in [0.717, 1.165) is 43.7 Å². The predicted octanol–water partition coefficient (Wildman–Crippen LogP) is 0.387.